The molecule has 0 aromatic heterocycles. The fourth-order valence-electron chi connectivity index (χ4n) is 3.82. The van der Waals surface area contributed by atoms with Crippen molar-refractivity contribution in [2.75, 3.05) is 18.4 Å². The number of halogens is 3. The molecule has 2 aromatic rings. The van der Waals surface area contributed by atoms with Gasteiger partial charge in [-0.3, -0.25) is 0 Å². The lowest BCUT2D eigenvalue weighted by atomic mass is 9.85. The number of likely N-dealkylation sites (tertiary alicyclic amines) is 1. The molecule has 0 atom stereocenters. The lowest BCUT2D eigenvalue weighted by Gasteiger charge is -2.37. The highest BCUT2D eigenvalue weighted by molar-refractivity contribution is 6.01. The van der Waals surface area contributed by atoms with Crippen LogP contribution < -0.4 is 5.32 Å². The van der Waals surface area contributed by atoms with E-state index in [0.29, 0.717) is 43.6 Å². The number of rotatable bonds is 2. The Morgan fingerprint density at radius 2 is 1.77 bits per heavy atom. The number of carbonyl (C=O) groups excluding carboxylic acids is 1. The zero-order valence-electron chi connectivity index (χ0n) is 16.5. The topological polar surface area (TPSA) is 53.9 Å². The molecule has 2 heterocycles. The number of anilines is 1. The molecule has 5 nitrogen and oxygen atoms in total. The van der Waals surface area contributed by atoms with E-state index >= 15 is 0 Å². The monoisotopic (exact) mass is 417 g/mol. The van der Waals surface area contributed by atoms with Gasteiger partial charge in [0.1, 0.15) is 5.60 Å². The highest BCUT2D eigenvalue weighted by Crippen LogP contribution is 2.37. The van der Waals surface area contributed by atoms with Crippen molar-refractivity contribution in [2.45, 2.75) is 38.0 Å². The minimum Gasteiger partial charge on any atom is -0.388 e. The van der Waals surface area contributed by atoms with Gasteiger partial charge in [0.2, 0.25) is 0 Å². The largest absolute Gasteiger partial charge is 0.416 e. The average Bonchev–Trinajstić information content (AvgIpc) is 3.13. The first kappa shape index (κ1) is 20.3. The number of carbonyl (C=O) groups is 1. The molecule has 2 aromatic carbocycles. The van der Waals surface area contributed by atoms with Crippen molar-refractivity contribution in [3.05, 3.63) is 65.2 Å². The van der Waals surface area contributed by atoms with Crippen LogP contribution in [0, 0.1) is 6.92 Å². The van der Waals surface area contributed by atoms with Crippen LogP contribution in [0.3, 0.4) is 0 Å². The van der Waals surface area contributed by atoms with Gasteiger partial charge in [0.05, 0.1) is 11.3 Å². The Bertz CT molecular complexity index is 962. The van der Waals surface area contributed by atoms with E-state index in [0.717, 1.165) is 23.4 Å². The van der Waals surface area contributed by atoms with Gasteiger partial charge in [-0.2, -0.15) is 13.2 Å². The van der Waals surface area contributed by atoms with Gasteiger partial charge in [0.25, 0.3) is 0 Å². The van der Waals surface area contributed by atoms with Crippen LogP contribution in [0.1, 0.15) is 36.0 Å². The van der Waals surface area contributed by atoms with Crippen LogP contribution in [-0.2, 0) is 11.0 Å². The van der Waals surface area contributed by atoms with Crippen LogP contribution >= 0.6 is 0 Å². The zero-order valence-corrected chi connectivity index (χ0v) is 16.5. The van der Waals surface area contributed by atoms with Crippen molar-refractivity contribution < 1.29 is 22.8 Å². The summed E-state index contributed by atoms with van der Waals surface area (Å²) in [6.07, 6.45) is -2.62. The van der Waals surface area contributed by atoms with Gasteiger partial charge < -0.3 is 15.1 Å². The molecule has 158 valence electrons. The van der Waals surface area contributed by atoms with Crippen LogP contribution in [-0.4, -0.2) is 35.3 Å². The van der Waals surface area contributed by atoms with E-state index in [1.54, 1.807) is 4.90 Å². The molecule has 2 aliphatic heterocycles. The maximum absolute atomic E-state index is 12.8. The predicted molar refractivity (Wildman–Crippen MR) is 107 cm³/mol. The molecule has 4 rings (SSSR count). The number of hydrogen-bond acceptors (Lipinski definition) is 3. The Labute approximate surface area is 172 Å². The smallest absolute Gasteiger partial charge is 0.388 e. The van der Waals surface area contributed by atoms with Crippen molar-refractivity contribution in [3.63, 3.8) is 0 Å². The Hall–Kier alpha value is -3.03. The molecule has 0 saturated carbocycles. The first-order valence-electron chi connectivity index (χ1n) is 9.80. The average molecular weight is 417 g/mol. The van der Waals surface area contributed by atoms with Crippen molar-refractivity contribution >= 4 is 17.4 Å². The number of benzene rings is 2. The molecule has 1 fully saturated rings. The first-order valence-corrected chi connectivity index (χ1v) is 9.80. The van der Waals surface area contributed by atoms with Gasteiger partial charge in [-0.15, -0.1) is 0 Å². The third kappa shape index (κ3) is 4.13. The number of piperidine rings is 1. The number of aryl methyl sites for hydroxylation is 1. The number of nitrogens with one attached hydrogen (secondary N) is 1. The molecule has 30 heavy (non-hydrogen) atoms. The Kier molecular flexibility index (Phi) is 5.17. The van der Waals surface area contributed by atoms with E-state index in [1.807, 2.05) is 31.2 Å². The molecule has 1 spiro atoms. The summed E-state index contributed by atoms with van der Waals surface area (Å²) in [4.78, 5) is 20.0. The van der Waals surface area contributed by atoms with Crippen LogP contribution in [0.4, 0.5) is 23.7 Å². The maximum Gasteiger partial charge on any atom is 0.416 e. The second kappa shape index (κ2) is 7.66. The van der Waals surface area contributed by atoms with E-state index in [1.165, 1.54) is 12.1 Å². The van der Waals surface area contributed by atoms with Crippen molar-refractivity contribution in [2.24, 2.45) is 5.16 Å². The second-order valence-corrected chi connectivity index (χ2v) is 7.80. The fourth-order valence-corrected chi connectivity index (χ4v) is 3.82. The Morgan fingerprint density at radius 3 is 2.40 bits per heavy atom. The minimum atomic E-state index is -4.36. The maximum atomic E-state index is 12.8. The summed E-state index contributed by atoms with van der Waals surface area (Å²) in [5, 5.41) is 7.08. The highest BCUT2D eigenvalue weighted by atomic mass is 19.4. The van der Waals surface area contributed by atoms with E-state index in [2.05, 4.69) is 10.5 Å². The van der Waals surface area contributed by atoms with Crippen molar-refractivity contribution in [3.8, 4) is 0 Å². The predicted octanol–water partition coefficient (Wildman–Crippen LogP) is 5.20. The van der Waals surface area contributed by atoms with Gasteiger partial charge in [0.15, 0.2) is 0 Å². The number of amides is 2. The third-order valence-electron chi connectivity index (χ3n) is 5.73. The SMILES string of the molecule is Cc1ccccc1NC(=O)N1CCC2(CC1)CC(c1ccc(C(F)(F)F)cc1)=NO2. The van der Waals surface area contributed by atoms with Crippen LogP contribution in [0.15, 0.2) is 53.7 Å². The summed E-state index contributed by atoms with van der Waals surface area (Å²) in [7, 11) is 0. The van der Waals surface area contributed by atoms with E-state index in [9.17, 15) is 18.0 Å². The number of hydrogen-bond donors (Lipinski definition) is 1. The van der Waals surface area contributed by atoms with Crippen LogP contribution in [0.25, 0.3) is 0 Å². The summed E-state index contributed by atoms with van der Waals surface area (Å²) in [6, 6.07) is 12.4. The molecule has 8 heteroatoms. The van der Waals surface area contributed by atoms with Crippen molar-refractivity contribution in [1.82, 2.24) is 4.90 Å². The molecular weight excluding hydrogens is 395 g/mol. The van der Waals surface area contributed by atoms with E-state index < -0.39 is 17.3 Å². The first-order chi connectivity index (χ1) is 14.3. The lowest BCUT2D eigenvalue weighted by molar-refractivity contribution is -0.137. The summed E-state index contributed by atoms with van der Waals surface area (Å²) >= 11 is 0. The lowest BCUT2D eigenvalue weighted by Crippen LogP contribution is -2.48. The highest BCUT2D eigenvalue weighted by Gasteiger charge is 2.43. The fraction of sp³-hybridized carbons (Fsp3) is 0.364. The molecule has 1 saturated heterocycles. The second-order valence-electron chi connectivity index (χ2n) is 7.80. The summed E-state index contributed by atoms with van der Waals surface area (Å²) in [5.41, 5.74) is 1.85. The summed E-state index contributed by atoms with van der Waals surface area (Å²) in [5.74, 6) is 0. The molecule has 1 N–H and O–H groups in total. The van der Waals surface area contributed by atoms with Crippen LogP contribution in [0.5, 0.6) is 0 Å². The summed E-state index contributed by atoms with van der Waals surface area (Å²) in [6.45, 7) is 2.98. The van der Waals surface area contributed by atoms with Gasteiger partial charge in [-0.1, -0.05) is 35.5 Å². The van der Waals surface area contributed by atoms with E-state index in [-0.39, 0.29) is 6.03 Å². The Morgan fingerprint density at radius 1 is 1.10 bits per heavy atom. The summed E-state index contributed by atoms with van der Waals surface area (Å²) < 4.78 is 38.3. The van der Waals surface area contributed by atoms with E-state index in [4.69, 9.17) is 4.84 Å². The van der Waals surface area contributed by atoms with Gasteiger partial charge >= 0.3 is 12.2 Å². The normalized spacial score (nSPS) is 18.1. The number of nitrogens with zero attached hydrogens (tertiary/aromatic N) is 2. The molecular formula is C22H22F3N3O2. The third-order valence-corrected chi connectivity index (χ3v) is 5.73. The zero-order chi connectivity index (χ0) is 21.4. The van der Waals surface area contributed by atoms with Gasteiger partial charge in [0, 0.05) is 38.0 Å². The number of alkyl halides is 3. The molecule has 2 aliphatic rings. The molecule has 0 bridgehead atoms. The molecule has 2 amide bonds. The number of oxime groups is 1. The number of urea groups is 1. The van der Waals surface area contributed by atoms with Gasteiger partial charge in [-0.05, 0) is 36.2 Å². The number of para-hydroxylation sites is 1. The molecule has 0 radical (unpaired) electrons. The standard InChI is InChI=1S/C22H22F3N3O2/c1-15-4-2-3-5-18(15)26-20(29)28-12-10-21(11-13-28)14-19(27-30-21)16-6-8-17(9-7-16)22(23,24)25/h2-9H,10-14H2,1H3,(H,26,29). The minimum absolute atomic E-state index is 0.152. The van der Waals surface area contributed by atoms with Crippen LogP contribution in [0.2, 0.25) is 0 Å². The van der Waals surface area contributed by atoms with Gasteiger partial charge in [-0.25, -0.2) is 4.79 Å². The Balaban J connectivity index is 1.34. The van der Waals surface area contributed by atoms with Crippen molar-refractivity contribution in [1.29, 1.82) is 0 Å². The molecule has 0 unspecified atom stereocenters. The molecule has 0 aliphatic carbocycles. The quantitative estimate of drug-likeness (QED) is 0.730.